The van der Waals surface area contributed by atoms with E-state index < -0.39 is 0 Å². The Labute approximate surface area is 105 Å². The van der Waals surface area contributed by atoms with Crippen LogP contribution in [0.2, 0.25) is 0 Å². The molecule has 0 N–H and O–H groups in total. The van der Waals surface area contributed by atoms with Gasteiger partial charge in [0.05, 0.1) is 6.54 Å². The number of alkyl halides is 1. The van der Waals surface area contributed by atoms with Gasteiger partial charge in [0.2, 0.25) is 0 Å². The lowest BCUT2D eigenvalue weighted by Crippen LogP contribution is -2.28. The second-order valence-electron chi connectivity index (χ2n) is 3.76. The Kier molecular flexibility index (Phi) is 3.93. The van der Waals surface area contributed by atoms with Gasteiger partial charge in [0.1, 0.15) is 11.9 Å². The van der Waals surface area contributed by atoms with E-state index in [9.17, 15) is 0 Å². The number of hydrogen-bond donors (Lipinski definition) is 0. The summed E-state index contributed by atoms with van der Waals surface area (Å²) in [4.78, 5) is 11.4. The molecule has 0 aromatic carbocycles. The van der Waals surface area contributed by atoms with Crippen molar-refractivity contribution in [3.8, 4) is 0 Å². The van der Waals surface area contributed by atoms with Crippen molar-refractivity contribution in [1.82, 2.24) is 4.90 Å². The zero-order chi connectivity index (χ0) is 11.4. The zero-order valence-corrected chi connectivity index (χ0v) is 11.0. The van der Waals surface area contributed by atoms with E-state index in [1.807, 2.05) is 12.2 Å². The smallest absolute Gasteiger partial charge is 0.128 e. The van der Waals surface area contributed by atoms with Gasteiger partial charge in [-0.1, -0.05) is 22.0 Å². The van der Waals surface area contributed by atoms with E-state index in [-0.39, 0.29) is 6.04 Å². The van der Waals surface area contributed by atoms with E-state index in [4.69, 9.17) is 4.99 Å². The molecule has 86 valence electrons. The van der Waals surface area contributed by atoms with Crippen molar-refractivity contribution in [3.05, 3.63) is 24.4 Å². The van der Waals surface area contributed by atoms with Crippen LogP contribution in [-0.4, -0.2) is 40.9 Å². The number of nitrogens with zero attached hydrogens (tertiary/aromatic N) is 3. The molecule has 1 atom stereocenters. The first-order valence-electron chi connectivity index (χ1n) is 5.63. The summed E-state index contributed by atoms with van der Waals surface area (Å²) in [6.45, 7) is 3.85. The highest BCUT2D eigenvalue weighted by atomic mass is 79.9. The van der Waals surface area contributed by atoms with Crippen LogP contribution in [0.15, 0.2) is 34.4 Å². The summed E-state index contributed by atoms with van der Waals surface area (Å²) in [6, 6.07) is 0.236. The van der Waals surface area contributed by atoms with Crippen LogP contribution in [0.1, 0.15) is 13.3 Å². The average molecular weight is 282 g/mol. The maximum Gasteiger partial charge on any atom is 0.128 e. The molecule has 0 saturated carbocycles. The van der Waals surface area contributed by atoms with Crippen LogP contribution in [0.4, 0.5) is 0 Å². The van der Waals surface area contributed by atoms with Gasteiger partial charge < -0.3 is 4.90 Å². The van der Waals surface area contributed by atoms with Gasteiger partial charge in [-0.3, -0.25) is 9.98 Å². The molecule has 0 unspecified atom stereocenters. The Hall–Kier alpha value is -0.900. The molecule has 2 aliphatic heterocycles. The molecule has 0 fully saturated rings. The number of rotatable bonds is 4. The molecule has 0 aromatic heterocycles. The van der Waals surface area contributed by atoms with Crippen molar-refractivity contribution in [2.75, 3.05) is 18.4 Å². The van der Waals surface area contributed by atoms with E-state index in [1.165, 1.54) is 5.71 Å². The summed E-state index contributed by atoms with van der Waals surface area (Å²) in [6.07, 6.45) is 9.19. The lowest BCUT2D eigenvalue weighted by molar-refractivity contribution is 0.584. The molecule has 0 aromatic rings. The van der Waals surface area contributed by atoms with E-state index in [2.05, 4.69) is 45.0 Å². The van der Waals surface area contributed by atoms with Crippen LogP contribution in [0, 0.1) is 0 Å². The molecule has 2 heterocycles. The molecule has 3 nitrogen and oxygen atoms in total. The highest BCUT2D eigenvalue weighted by Gasteiger charge is 2.26. The number of hydrogen-bond acceptors (Lipinski definition) is 3. The predicted molar refractivity (Wildman–Crippen MR) is 72.6 cm³/mol. The van der Waals surface area contributed by atoms with E-state index in [0.717, 1.165) is 30.7 Å². The van der Waals surface area contributed by atoms with Gasteiger partial charge in [0, 0.05) is 23.8 Å². The number of fused-ring (bicyclic) bond motifs is 1. The summed E-state index contributed by atoms with van der Waals surface area (Å²) in [5.74, 6) is 1.06. The standard InChI is InChI=1S/C12H16BrN3/c1-2-14-10(6-7-13)11-9-16-8-4-3-5-12(16)15-11/h3-5,8,11H,2,6-7,9H2,1H3/t11-/m0/s1. The summed E-state index contributed by atoms with van der Waals surface area (Å²) in [5.41, 5.74) is 1.21. The van der Waals surface area contributed by atoms with Gasteiger partial charge in [-0.25, -0.2) is 0 Å². The Balaban J connectivity index is 2.12. The van der Waals surface area contributed by atoms with E-state index in [1.54, 1.807) is 0 Å². The zero-order valence-electron chi connectivity index (χ0n) is 9.43. The van der Waals surface area contributed by atoms with Gasteiger partial charge >= 0.3 is 0 Å². The number of amidine groups is 1. The summed E-state index contributed by atoms with van der Waals surface area (Å²) in [5, 5.41) is 0.957. The summed E-state index contributed by atoms with van der Waals surface area (Å²) < 4.78 is 0. The Morgan fingerprint density at radius 3 is 3.19 bits per heavy atom. The molecule has 0 amide bonds. The average Bonchev–Trinajstić information content (AvgIpc) is 2.72. The molecule has 2 rings (SSSR count). The van der Waals surface area contributed by atoms with Gasteiger partial charge in [-0.05, 0) is 25.5 Å². The fraction of sp³-hybridized carbons (Fsp3) is 0.500. The first-order chi connectivity index (χ1) is 7.85. The molecule has 0 radical (unpaired) electrons. The molecule has 0 saturated heterocycles. The Bertz CT molecular complexity index is 368. The SMILES string of the molecule is CCN=C(CCBr)[C@@H]1CN2C=CC=CC2=N1. The molecule has 0 bridgehead atoms. The largest absolute Gasteiger partial charge is 0.331 e. The fourth-order valence-corrected chi connectivity index (χ4v) is 2.36. The van der Waals surface area contributed by atoms with E-state index >= 15 is 0 Å². The van der Waals surface area contributed by atoms with Crippen molar-refractivity contribution >= 4 is 27.5 Å². The van der Waals surface area contributed by atoms with Gasteiger partial charge in [0.15, 0.2) is 0 Å². The lowest BCUT2D eigenvalue weighted by Gasteiger charge is -2.16. The molecule has 4 heteroatoms. The van der Waals surface area contributed by atoms with Crippen molar-refractivity contribution in [2.24, 2.45) is 9.98 Å². The second kappa shape index (κ2) is 5.43. The van der Waals surface area contributed by atoms with Crippen LogP contribution in [0.3, 0.4) is 0 Å². The van der Waals surface area contributed by atoms with Crippen molar-refractivity contribution in [3.63, 3.8) is 0 Å². The van der Waals surface area contributed by atoms with Crippen LogP contribution in [0.5, 0.6) is 0 Å². The monoisotopic (exact) mass is 281 g/mol. The molecular formula is C12H16BrN3. The third-order valence-corrected chi connectivity index (χ3v) is 3.07. The fourth-order valence-electron chi connectivity index (χ4n) is 1.96. The normalized spacial score (nSPS) is 23.6. The molecular weight excluding hydrogens is 266 g/mol. The van der Waals surface area contributed by atoms with Crippen molar-refractivity contribution < 1.29 is 0 Å². The predicted octanol–water partition coefficient (Wildman–Crippen LogP) is 2.40. The maximum absolute atomic E-state index is 4.70. The first-order valence-corrected chi connectivity index (χ1v) is 6.75. The topological polar surface area (TPSA) is 28.0 Å². The molecule has 0 aliphatic carbocycles. The molecule has 16 heavy (non-hydrogen) atoms. The summed E-state index contributed by atoms with van der Waals surface area (Å²) >= 11 is 3.47. The van der Waals surface area contributed by atoms with Crippen LogP contribution in [0.25, 0.3) is 0 Å². The minimum atomic E-state index is 0.236. The van der Waals surface area contributed by atoms with Crippen molar-refractivity contribution in [1.29, 1.82) is 0 Å². The van der Waals surface area contributed by atoms with Gasteiger partial charge in [-0.2, -0.15) is 0 Å². The number of halogens is 1. The first kappa shape index (κ1) is 11.6. The third-order valence-electron chi connectivity index (χ3n) is 2.67. The van der Waals surface area contributed by atoms with E-state index in [0.29, 0.717) is 0 Å². The van der Waals surface area contributed by atoms with Gasteiger partial charge in [0.25, 0.3) is 0 Å². The minimum absolute atomic E-state index is 0.236. The minimum Gasteiger partial charge on any atom is -0.331 e. The highest BCUT2D eigenvalue weighted by Crippen LogP contribution is 2.16. The van der Waals surface area contributed by atoms with Crippen LogP contribution < -0.4 is 0 Å². The summed E-state index contributed by atoms with van der Waals surface area (Å²) in [7, 11) is 0. The van der Waals surface area contributed by atoms with Crippen LogP contribution in [-0.2, 0) is 0 Å². The lowest BCUT2D eigenvalue weighted by atomic mass is 10.1. The third kappa shape index (κ3) is 2.43. The Morgan fingerprint density at radius 2 is 2.50 bits per heavy atom. The number of allylic oxidation sites excluding steroid dienone is 2. The molecule has 2 aliphatic rings. The van der Waals surface area contributed by atoms with Gasteiger partial charge in [-0.15, -0.1) is 0 Å². The highest BCUT2D eigenvalue weighted by molar-refractivity contribution is 9.09. The van der Waals surface area contributed by atoms with Crippen LogP contribution >= 0.6 is 15.9 Å². The van der Waals surface area contributed by atoms with Crippen molar-refractivity contribution in [2.45, 2.75) is 19.4 Å². The number of aliphatic imine (C=N–C) groups is 2. The Morgan fingerprint density at radius 1 is 1.62 bits per heavy atom. The molecule has 0 spiro atoms. The second-order valence-corrected chi connectivity index (χ2v) is 4.55. The quantitative estimate of drug-likeness (QED) is 0.575. The maximum atomic E-state index is 4.70.